The summed E-state index contributed by atoms with van der Waals surface area (Å²) in [5.74, 6) is -0.418. The van der Waals surface area contributed by atoms with Crippen LogP contribution in [0.4, 0.5) is 0 Å². The third-order valence-electron chi connectivity index (χ3n) is 4.50. The number of ether oxygens (including phenoxy) is 2. The summed E-state index contributed by atoms with van der Waals surface area (Å²) in [6.07, 6.45) is 20.0. The molecule has 0 unspecified atom stereocenters. The Bertz CT molecular complexity index is 487. The lowest BCUT2D eigenvalue weighted by Crippen LogP contribution is -2.00. The Kier molecular flexibility index (Phi) is 17.3. The van der Waals surface area contributed by atoms with Crippen molar-refractivity contribution in [3.05, 3.63) is 36.0 Å². The standard InChI is InChI=1S/C10H16O2.C7H12O2.C7H12/c1-9(11)12-8-7-10-5-3-2-4-6-10;1-3-4-5-6-9-7(2)8;1-7-5-3-2-4-6-7/h7H,2-6,8H2,1H3;4-5H,3,6H2,1-2H3;1-6H2/b;5-4-;. The fourth-order valence-corrected chi connectivity index (χ4v) is 2.94. The third kappa shape index (κ3) is 18.9. The van der Waals surface area contributed by atoms with Crippen molar-refractivity contribution < 1.29 is 19.1 Å². The van der Waals surface area contributed by atoms with Crippen LogP contribution in [0, 0.1) is 0 Å². The van der Waals surface area contributed by atoms with Crippen LogP contribution >= 0.6 is 0 Å². The van der Waals surface area contributed by atoms with Gasteiger partial charge in [0.25, 0.3) is 0 Å². The molecule has 0 spiro atoms. The van der Waals surface area contributed by atoms with E-state index in [0.717, 1.165) is 6.42 Å². The van der Waals surface area contributed by atoms with Crippen LogP contribution in [0.1, 0.15) is 91.4 Å². The van der Waals surface area contributed by atoms with Crippen LogP contribution < -0.4 is 0 Å². The zero-order valence-corrected chi connectivity index (χ0v) is 18.3. The summed E-state index contributed by atoms with van der Waals surface area (Å²) < 4.78 is 9.45. The Hall–Kier alpha value is -1.84. The van der Waals surface area contributed by atoms with E-state index in [1.807, 2.05) is 19.1 Å². The summed E-state index contributed by atoms with van der Waals surface area (Å²) in [6.45, 7) is 9.66. The predicted molar refractivity (Wildman–Crippen MR) is 116 cm³/mol. The molecule has 28 heavy (non-hydrogen) atoms. The van der Waals surface area contributed by atoms with Gasteiger partial charge in [-0.1, -0.05) is 49.6 Å². The van der Waals surface area contributed by atoms with Gasteiger partial charge in [0.1, 0.15) is 13.2 Å². The Morgan fingerprint density at radius 3 is 1.75 bits per heavy atom. The van der Waals surface area contributed by atoms with Gasteiger partial charge in [0.2, 0.25) is 0 Å². The summed E-state index contributed by atoms with van der Waals surface area (Å²) in [4.78, 5) is 20.6. The summed E-state index contributed by atoms with van der Waals surface area (Å²) in [7, 11) is 0. The normalized spacial score (nSPS) is 16.2. The van der Waals surface area contributed by atoms with E-state index >= 15 is 0 Å². The van der Waals surface area contributed by atoms with Crippen molar-refractivity contribution in [3.8, 4) is 0 Å². The second-order valence-electron chi connectivity index (χ2n) is 7.22. The molecule has 2 fully saturated rings. The van der Waals surface area contributed by atoms with Gasteiger partial charge >= 0.3 is 11.9 Å². The van der Waals surface area contributed by atoms with Gasteiger partial charge in [-0.15, -0.1) is 0 Å². The molecule has 2 aliphatic carbocycles. The minimum absolute atomic E-state index is 0.192. The first-order valence-corrected chi connectivity index (χ1v) is 10.7. The van der Waals surface area contributed by atoms with E-state index in [0.29, 0.717) is 13.2 Å². The number of allylic oxidation sites excluding steroid dienone is 3. The van der Waals surface area contributed by atoms with E-state index in [4.69, 9.17) is 4.74 Å². The first-order valence-electron chi connectivity index (χ1n) is 10.7. The molecule has 0 N–H and O–H groups in total. The van der Waals surface area contributed by atoms with Crippen molar-refractivity contribution >= 4 is 11.9 Å². The molecule has 0 aromatic carbocycles. The van der Waals surface area contributed by atoms with Crippen LogP contribution in [-0.4, -0.2) is 25.2 Å². The molecule has 0 radical (unpaired) electrons. The molecule has 0 aliphatic heterocycles. The lowest BCUT2D eigenvalue weighted by Gasteiger charge is -2.12. The van der Waals surface area contributed by atoms with Crippen LogP contribution in [0.15, 0.2) is 36.0 Å². The highest BCUT2D eigenvalue weighted by Crippen LogP contribution is 2.22. The van der Waals surface area contributed by atoms with Gasteiger partial charge in [0, 0.05) is 13.8 Å². The van der Waals surface area contributed by atoms with Gasteiger partial charge in [0.15, 0.2) is 0 Å². The largest absolute Gasteiger partial charge is 0.462 e. The number of rotatable bonds is 5. The summed E-state index contributed by atoms with van der Waals surface area (Å²) in [5, 5.41) is 0. The predicted octanol–water partition coefficient (Wildman–Crippen LogP) is 6.46. The van der Waals surface area contributed by atoms with Crippen molar-refractivity contribution in [2.24, 2.45) is 0 Å². The second-order valence-corrected chi connectivity index (χ2v) is 7.22. The molecule has 0 atom stereocenters. The van der Waals surface area contributed by atoms with Crippen molar-refractivity contribution in [2.45, 2.75) is 91.4 Å². The average molecular weight is 393 g/mol. The fraction of sp³-hybridized carbons (Fsp3) is 0.667. The number of esters is 2. The van der Waals surface area contributed by atoms with E-state index in [1.165, 1.54) is 89.2 Å². The Balaban J connectivity index is 0.000000406. The van der Waals surface area contributed by atoms with Crippen molar-refractivity contribution in [2.75, 3.05) is 13.2 Å². The SMILES string of the molecule is C=C1CCCCC1.CC(=O)OCC=C1CCCCC1.CC/C=C\COC(C)=O. The molecule has 0 heterocycles. The molecule has 2 rings (SSSR count). The molecule has 0 saturated heterocycles. The van der Waals surface area contributed by atoms with Gasteiger partial charge in [-0.3, -0.25) is 9.59 Å². The minimum Gasteiger partial charge on any atom is -0.462 e. The first-order chi connectivity index (χ1) is 13.5. The van der Waals surface area contributed by atoms with Gasteiger partial charge in [-0.25, -0.2) is 0 Å². The molecule has 0 aromatic heterocycles. The topological polar surface area (TPSA) is 52.6 Å². The number of hydrogen-bond acceptors (Lipinski definition) is 4. The molecule has 2 aliphatic rings. The van der Waals surface area contributed by atoms with E-state index in [1.54, 1.807) is 0 Å². The molecule has 160 valence electrons. The number of carbonyl (C=O) groups excluding carboxylic acids is 2. The summed E-state index contributed by atoms with van der Waals surface area (Å²) >= 11 is 0. The molecule has 4 heteroatoms. The zero-order chi connectivity index (χ0) is 21.0. The van der Waals surface area contributed by atoms with Crippen LogP contribution in [0.5, 0.6) is 0 Å². The summed E-state index contributed by atoms with van der Waals surface area (Å²) in [5.41, 5.74) is 2.92. The number of carbonyl (C=O) groups is 2. The molecule has 0 aromatic rings. The third-order valence-corrected chi connectivity index (χ3v) is 4.50. The van der Waals surface area contributed by atoms with E-state index in [2.05, 4.69) is 17.4 Å². The maximum absolute atomic E-state index is 10.4. The highest BCUT2D eigenvalue weighted by atomic mass is 16.5. The van der Waals surface area contributed by atoms with E-state index in [9.17, 15) is 9.59 Å². The van der Waals surface area contributed by atoms with Crippen LogP contribution in [0.3, 0.4) is 0 Å². The average Bonchev–Trinajstić information content (AvgIpc) is 2.67. The van der Waals surface area contributed by atoms with Crippen molar-refractivity contribution in [3.63, 3.8) is 0 Å². The molecule has 0 amide bonds. The Morgan fingerprint density at radius 1 is 0.821 bits per heavy atom. The lowest BCUT2D eigenvalue weighted by molar-refractivity contribution is -0.140. The maximum Gasteiger partial charge on any atom is 0.302 e. The van der Waals surface area contributed by atoms with Crippen LogP contribution in [-0.2, 0) is 19.1 Å². The van der Waals surface area contributed by atoms with Gasteiger partial charge < -0.3 is 9.47 Å². The van der Waals surface area contributed by atoms with Crippen LogP contribution in [0.2, 0.25) is 0 Å². The lowest BCUT2D eigenvalue weighted by atomic mass is 9.95. The molecular formula is C24H40O4. The quantitative estimate of drug-likeness (QED) is 0.398. The van der Waals surface area contributed by atoms with Gasteiger partial charge in [-0.2, -0.15) is 0 Å². The fourth-order valence-electron chi connectivity index (χ4n) is 2.94. The highest BCUT2D eigenvalue weighted by molar-refractivity contribution is 5.66. The van der Waals surface area contributed by atoms with Crippen molar-refractivity contribution in [1.29, 1.82) is 0 Å². The highest BCUT2D eigenvalue weighted by Gasteiger charge is 2.04. The molecule has 4 nitrogen and oxygen atoms in total. The molecule has 2 saturated carbocycles. The Morgan fingerprint density at radius 2 is 1.32 bits per heavy atom. The Labute approximate surface area is 172 Å². The van der Waals surface area contributed by atoms with E-state index < -0.39 is 0 Å². The molecular weight excluding hydrogens is 352 g/mol. The number of hydrogen-bond donors (Lipinski definition) is 0. The second kappa shape index (κ2) is 18.5. The van der Waals surface area contributed by atoms with Crippen LogP contribution in [0.25, 0.3) is 0 Å². The van der Waals surface area contributed by atoms with Gasteiger partial charge in [0.05, 0.1) is 0 Å². The van der Waals surface area contributed by atoms with E-state index in [-0.39, 0.29) is 11.9 Å². The van der Waals surface area contributed by atoms with Crippen molar-refractivity contribution in [1.82, 2.24) is 0 Å². The smallest absolute Gasteiger partial charge is 0.302 e. The summed E-state index contributed by atoms with van der Waals surface area (Å²) in [6, 6.07) is 0. The van der Waals surface area contributed by atoms with Gasteiger partial charge in [-0.05, 0) is 63.9 Å². The molecule has 0 bridgehead atoms. The monoisotopic (exact) mass is 392 g/mol. The first kappa shape index (κ1) is 26.2. The maximum atomic E-state index is 10.4. The minimum atomic E-state index is -0.226. The zero-order valence-electron chi connectivity index (χ0n) is 18.3.